The maximum absolute atomic E-state index is 11.7. The first-order valence-electron chi connectivity index (χ1n) is 6.59. The summed E-state index contributed by atoms with van der Waals surface area (Å²) in [6.45, 7) is 8.99. The third-order valence-electron chi connectivity index (χ3n) is 6.13. The van der Waals surface area contributed by atoms with Gasteiger partial charge < -0.3 is 4.74 Å². The normalized spacial score (nSPS) is 53.6. The average molecular weight is 222 g/mol. The van der Waals surface area contributed by atoms with E-state index in [1.807, 2.05) is 0 Å². The van der Waals surface area contributed by atoms with Gasteiger partial charge in [0.1, 0.15) is 5.60 Å². The van der Waals surface area contributed by atoms with Crippen molar-refractivity contribution in [1.82, 2.24) is 0 Å². The highest BCUT2D eigenvalue weighted by molar-refractivity contribution is 5.74. The Balaban J connectivity index is 2.00. The lowest BCUT2D eigenvalue weighted by Gasteiger charge is -2.46. The average Bonchev–Trinajstić information content (AvgIpc) is 2.71. The molecule has 90 valence electrons. The Morgan fingerprint density at radius 1 is 1.25 bits per heavy atom. The van der Waals surface area contributed by atoms with E-state index in [0.717, 1.165) is 17.8 Å². The number of carbonyl (C=O) groups is 1. The van der Waals surface area contributed by atoms with Crippen LogP contribution < -0.4 is 0 Å². The van der Waals surface area contributed by atoms with Crippen LogP contribution in [0.1, 0.15) is 47.0 Å². The molecule has 0 amide bonds. The van der Waals surface area contributed by atoms with E-state index in [4.69, 9.17) is 4.74 Å². The van der Waals surface area contributed by atoms with Gasteiger partial charge in [-0.3, -0.25) is 4.79 Å². The Kier molecular flexibility index (Phi) is 1.88. The topological polar surface area (TPSA) is 26.3 Å². The first kappa shape index (κ1) is 10.6. The van der Waals surface area contributed by atoms with Gasteiger partial charge in [0.05, 0.1) is 6.42 Å². The van der Waals surface area contributed by atoms with Crippen molar-refractivity contribution < 1.29 is 9.53 Å². The Hall–Kier alpha value is -0.530. The van der Waals surface area contributed by atoms with Crippen LogP contribution in [0.2, 0.25) is 0 Å². The summed E-state index contributed by atoms with van der Waals surface area (Å²) in [6.07, 6.45) is 3.20. The van der Waals surface area contributed by atoms with Gasteiger partial charge >= 0.3 is 5.97 Å². The molecule has 3 rings (SSSR count). The van der Waals surface area contributed by atoms with Crippen molar-refractivity contribution in [1.29, 1.82) is 0 Å². The maximum atomic E-state index is 11.7. The fourth-order valence-electron chi connectivity index (χ4n) is 4.96. The number of rotatable bonds is 0. The Labute approximate surface area is 97.7 Å². The highest BCUT2D eigenvalue weighted by Crippen LogP contribution is 2.68. The van der Waals surface area contributed by atoms with Crippen LogP contribution in [0.15, 0.2) is 0 Å². The molecule has 16 heavy (non-hydrogen) atoms. The number of hydrogen-bond donors (Lipinski definition) is 0. The number of hydrogen-bond acceptors (Lipinski definition) is 2. The summed E-state index contributed by atoms with van der Waals surface area (Å²) in [6, 6.07) is 0. The molecule has 0 aromatic carbocycles. The van der Waals surface area contributed by atoms with Crippen LogP contribution in [-0.4, -0.2) is 11.6 Å². The second-order valence-electron chi connectivity index (χ2n) is 6.84. The molecule has 2 nitrogen and oxygen atoms in total. The zero-order chi connectivity index (χ0) is 11.7. The van der Waals surface area contributed by atoms with Crippen LogP contribution in [0.3, 0.4) is 0 Å². The SMILES string of the molecule is CC1C2CC(C1C)C1(CC(=O)OC1(C)C)C2. The molecule has 3 aliphatic rings. The molecule has 2 bridgehead atoms. The third-order valence-corrected chi connectivity index (χ3v) is 6.13. The molecule has 2 heteroatoms. The number of esters is 1. The molecule has 0 radical (unpaired) electrons. The van der Waals surface area contributed by atoms with Crippen LogP contribution in [0, 0.1) is 29.1 Å². The predicted octanol–water partition coefficient (Wildman–Crippen LogP) is 3.01. The highest BCUT2D eigenvalue weighted by atomic mass is 16.6. The van der Waals surface area contributed by atoms with E-state index in [-0.39, 0.29) is 17.0 Å². The molecule has 1 saturated heterocycles. The smallest absolute Gasteiger partial charge is 0.307 e. The largest absolute Gasteiger partial charge is 0.459 e. The van der Waals surface area contributed by atoms with Gasteiger partial charge in [-0.05, 0) is 50.4 Å². The maximum Gasteiger partial charge on any atom is 0.307 e. The number of carbonyl (C=O) groups excluding carboxylic acids is 1. The van der Waals surface area contributed by atoms with Gasteiger partial charge in [-0.2, -0.15) is 0 Å². The molecule has 0 aromatic rings. The lowest BCUT2D eigenvalue weighted by molar-refractivity contribution is -0.149. The number of ether oxygens (including phenoxy) is 1. The fraction of sp³-hybridized carbons (Fsp3) is 0.929. The Morgan fingerprint density at radius 2 is 1.94 bits per heavy atom. The van der Waals surface area contributed by atoms with E-state index >= 15 is 0 Å². The molecule has 3 fully saturated rings. The van der Waals surface area contributed by atoms with E-state index in [2.05, 4.69) is 27.7 Å². The van der Waals surface area contributed by atoms with Crippen molar-refractivity contribution in [2.45, 2.75) is 52.6 Å². The van der Waals surface area contributed by atoms with Crippen molar-refractivity contribution in [2.75, 3.05) is 0 Å². The molecule has 2 aliphatic carbocycles. The Morgan fingerprint density at radius 3 is 2.38 bits per heavy atom. The van der Waals surface area contributed by atoms with Crippen molar-refractivity contribution in [3.05, 3.63) is 0 Å². The lowest BCUT2D eigenvalue weighted by atomic mass is 9.58. The monoisotopic (exact) mass is 222 g/mol. The molecule has 1 spiro atoms. The first-order chi connectivity index (χ1) is 7.37. The summed E-state index contributed by atoms with van der Waals surface area (Å²) in [5.74, 6) is 3.15. The van der Waals surface area contributed by atoms with Crippen LogP contribution in [0.4, 0.5) is 0 Å². The molecule has 0 N–H and O–H groups in total. The quantitative estimate of drug-likeness (QED) is 0.589. The van der Waals surface area contributed by atoms with Crippen LogP contribution in [0.25, 0.3) is 0 Å². The number of fused-ring (bicyclic) bond motifs is 3. The van der Waals surface area contributed by atoms with E-state index < -0.39 is 0 Å². The van der Waals surface area contributed by atoms with Gasteiger partial charge in [-0.25, -0.2) is 0 Å². The van der Waals surface area contributed by atoms with Crippen molar-refractivity contribution in [3.8, 4) is 0 Å². The summed E-state index contributed by atoms with van der Waals surface area (Å²) in [4.78, 5) is 11.7. The van der Waals surface area contributed by atoms with Gasteiger partial charge in [-0.15, -0.1) is 0 Å². The van der Waals surface area contributed by atoms with Crippen molar-refractivity contribution >= 4 is 5.97 Å². The predicted molar refractivity (Wildman–Crippen MR) is 61.8 cm³/mol. The molecular weight excluding hydrogens is 200 g/mol. The van der Waals surface area contributed by atoms with Crippen molar-refractivity contribution in [3.63, 3.8) is 0 Å². The second-order valence-corrected chi connectivity index (χ2v) is 6.84. The standard InChI is InChI=1S/C14H22O2/c1-8-9(2)11-5-10(8)6-14(11)7-12(15)16-13(14,3)4/h8-11H,5-7H2,1-4H3. The minimum absolute atomic E-state index is 0.0254. The first-order valence-corrected chi connectivity index (χ1v) is 6.59. The third kappa shape index (κ3) is 1.01. The molecule has 0 aromatic heterocycles. The molecule has 2 saturated carbocycles. The van der Waals surface area contributed by atoms with Crippen LogP contribution >= 0.6 is 0 Å². The van der Waals surface area contributed by atoms with Gasteiger partial charge in [0, 0.05) is 5.41 Å². The summed E-state index contributed by atoms with van der Waals surface area (Å²) in [5, 5.41) is 0. The zero-order valence-corrected chi connectivity index (χ0v) is 10.7. The van der Waals surface area contributed by atoms with Gasteiger partial charge in [0.2, 0.25) is 0 Å². The summed E-state index contributed by atoms with van der Waals surface area (Å²) in [7, 11) is 0. The van der Waals surface area contributed by atoms with Crippen LogP contribution in [-0.2, 0) is 9.53 Å². The summed E-state index contributed by atoms with van der Waals surface area (Å²) < 4.78 is 5.58. The molecule has 5 unspecified atom stereocenters. The molecular formula is C14H22O2. The minimum atomic E-state index is -0.238. The van der Waals surface area contributed by atoms with E-state index in [1.165, 1.54) is 12.8 Å². The van der Waals surface area contributed by atoms with E-state index in [0.29, 0.717) is 12.3 Å². The van der Waals surface area contributed by atoms with Gasteiger partial charge in [-0.1, -0.05) is 13.8 Å². The van der Waals surface area contributed by atoms with E-state index in [1.54, 1.807) is 0 Å². The highest BCUT2D eigenvalue weighted by Gasteiger charge is 2.67. The van der Waals surface area contributed by atoms with Gasteiger partial charge in [0.15, 0.2) is 0 Å². The van der Waals surface area contributed by atoms with Crippen molar-refractivity contribution in [2.24, 2.45) is 29.1 Å². The summed E-state index contributed by atoms with van der Waals surface area (Å²) >= 11 is 0. The lowest BCUT2D eigenvalue weighted by Crippen LogP contribution is -2.47. The summed E-state index contributed by atoms with van der Waals surface area (Å²) in [5.41, 5.74) is -0.0847. The fourth-order valence-corrected chi connectivity index (χ4v) is 4.96. The zero-order valence-electron chi connectivity index (χ0n) is 10.7. The molecule has 5 atom stereocenters. The van der Waals surface area contributed by atoms with Crippen LogP contribution in [0.5, 0.6) is 0 Å². The minimum Gasteiger partial charge on any atom is -0.459 e. The second kappa shape index (κ2) is 2.83. The van der Waals surface area contributed by atoms with Gasteiger partial charge in [0.25, 0.3) is 0 Å². The molecule has 1 aliphatic heterocycles. The Bertz CT molecular complexity index is 345. The number of cyclic esters (lactones) is 1. The van der Waals surface area contributed by atoms with E-state index in [9.17, 15) is 4.79 Å². The molecule has 1 heterocycles.